The molecule has 0 saturated heterocycles. The summed E-state index contributed by atoms with van der Waals surface area (Å²) in [5, 5.41) is 8.30. The third-order valence-corrected chi connectivity index (χ3v) is 4.89. The molecule has 122 valence electrons. The predicted octanol–water partition coefficient (Wildman–Crippen LogP) is 0.596. The van der Waals surface area contributed by atoms with Crippen LogP contribution in [-0.4, -0.2) is 29.4 Å². The number of aliphatic hydroxyl groups excluding tert-OH is 1. The van der Waals surface area contributed by atoms with Gasteiger partial charge in [0.2, 0.25) is 0 Å². The third kappa shape index (κ3) is 16.2. The molecule has 2 unspecified atom stereocenters. The monoisotopic (exact) mass is 346 g/mol. The summed E-state index contributed by atoms with van der Waals surface area (Å²) in [6, 6.07) is 0. The van der Waals surface area contributed by atoms with Gasteiger partial charge in [-0.15, -0.1) is 0 Å². The van der Waals surface area contributed by atoms with E-state index in [-0.39, 0.29) is 57.8 Å². The Balaban J connectivity index is 0. The van der Waals surface area contributed by atoms with Crippen LogP contribution in [0.1, 0.15) is 84.5 Å². The molecule has 0 aliphatic carbocycles. The zero-order valence-corrected chi connectivity index (χ0v) is 18.0. The summed E-state index contributed by atoms with van der Waals surface area (Å²) >= 11 is 0. The molecule has 0 bridgehead atoms. The van der Waals surface area contributed by atoms with Crippen molar-refractivity contribution in [1.82, 2.24) is 0 Å². The molecule has 0 radical (unpaired) electrons. The zero-order chi connectivity index (χ0) is 15.4. The van der Waals surface area contributed by atoms with Crippen molar-refractivity contribution in [2.75, 3.05) is 0 Å². The minimum atomic E-state index is -4.28. The number of hydrogen-bond acceptors (Lipinski definition) is 4. The smallest absolute Gasteiger partial charge is 0.748 e. The van der Waals surface area contributed by atoms with Crippen molar-refractivity contribution in [3.63, 3.8) is 0 Å². The third-order valence-electron chi connectivity index (χ3n) is 3.64. The van der Waals surface area contributed by atoms with Gasteiger partial charge in [-0.2, -0.15) is 0 Å². The molecular formula is C15H31KO4S. The molecule has 0 rings (SSSR count). The molecule has 0 fully saturated rings. The van der Waals surface area contributed by atoms with Crippen LogP contribution in [-0.2, 0) is 10.1 Å². The summed E-state index contributed by atoms with van der Waals surface area (Å²) < 4.78 is 33.2. The number of hydrogen-bond donors (Lipinski definition) is 1. The Bertz CT molecular complexity index is 318. The quantitative estimate of drug-likeness (QED) is 0.301. The van der Waals surface area contributed by atoms with E-state index in [4.69, 9.17) is 0 Å². The van der Waals surface area contributed by atoms with Crippen LogP contribution >= 0.6 is 0 Å². The molecule has 0 heterocycles. The molecule has 0 aromatic heterocycles. The van der Waals surface area contributed by atoms with Crippen LogP contribution in [0.4, 0.5) is 0 Å². The van der Waals surface area contributed by atoms with Crippen LogP contribution in [0.15, 0.2) is 0 Å². The number of rotatable bonds is 13. The van der Waals surface area contributed by atoms with Crippen LogP contribution in [0.25, 0.3) is 0 Å². The van der Waals surface area contributed by atoms with Crippen LogP contribution in [0.5, 0.6) is 0 Å². The first-order valence-electron chi connectivity index (χ1n) is 8.00. The van der Waals surface area contributed by atoms with Crippen molar-refractivity contribution in [2.45, 2.75) is 95.8 Å². The van der Waals surface area contributed by atoms with Gasteiger partial charge in [-0.1, -0.05) is 64.7 Å². The molecule has 0 aliphatic rings. The largest absolute Gasteiger partial charge is 1.00 e. The topological polar surface area (TPSA) is 77.4 Å². The molecule has 0 aromatic carbocycles. The van der Waals surface area contributed by atoms with E-state index in [9.17, 15) is 18.1 Å². The molecule has 2 atom stereocenters. The minimum Gasteiger partial charge on any atom is -0.748 e. The molecule has 0 amide bonds. The van der Waals surface area contributed by atoms with E-state index in [1.54, 1.807) is 0 Å². The first kappa shape index (κ1) is 24.8. The molecule has 0 saturated carbocycles. The Morgan fingerprint density at radius 2 is 1.38 bits per heavy atom. The number of unbranched alkanes of at least 4 members (excludes halogenated alkanes) is 8. The summed E-state index contributed by atoms with van der Waals surface area (Å²) in [6.45, 7) is 3.72. The second kappa shape index (κ2) is 15.1. The van der Waals surface area contributed by atoms with Gasteiger partial charge in [0.05, 0.1) is 21.5 Å². The molecule has 6 heteroatoms. The Labute approximate surface area is 173 Å². The summed E-state index contributed by atoms with van der Waals surface area (Å²) in [5.41, 5.74) is 0. The summed E-state index contributed by atoms with van der Waals surface area (Å²) in [6.07, 6.45) is 10.1. The van der Waals surface area contributed by atoms with Crippen LogP contribution < -0.4 is 51.4 Å². The molecule has 4 nitrogen and oxygen atoms in total. The maximum Gasteiger partial charge on any atom is 1.00 e. The van der Waals surface area contributed by atoms with Crippen LogP contribution in [0.3, 0.4) is 0 Å². The maximum atomic E-state index is 11.1. The van der Waals surface area contributed by atoms with Crippen LogP contribution in [0.2, 0.25) is 0 Å². The van der Waals surface area contributed by atoms with Gasteiger partial charge in [0.25, 0.3) is 0 Å². The standard InChI is InChI=1S/C15H32O4S.K/c1-3-4-5-6-7-8-9-10-11-12-15(13-14(2)16)20(17,18)19;/h14-16H,3-13H2,1-2H3,(H,17,18,19);/q;+1/p-1. The van der Waals surface area contributed by atoms with Gasteiger partial charge >= 0.3 is 51.4 Å². The fourth-order valence-electron chi connectivity index (χ4n) is 2.44. The number of aliphatic hydroxyl groups is 1. The Kier molecular flexibility index (Phi) is 17.8. The van der Waals surface area contributed by atoms with Crippen molar-refractivity contribution < 1.29 is 69.5 Å². The van der Waals surface area contributed by atoms with E-state index in [2.05, 4.69) is 6.92 Å². The maximum absolute atomic E-state index is 11.1. The normalized spacial score (nSPS) is 14.5. The molecule has 0 aromatic rings. The van der Waals surface area contributed by atoms with E-state index in [1.807, 2.05) is 0 Å². The second-order valence-corrected chi connectivity index (χ2v) is 7.47. The van der Waals surface area contributed by atoms with E-state index < -0.39 is 21.5 Å². The van der Waals surface area contributed by atoms with E-state index in [0.29, 0.717) is 6.42 Å². The molecular weight excluding hydrogens is 315 g/mol. The van der Waals surface area contributed by atoms with E-state index in [1.165, 1.54) is 45.4 Å². The first-order valence-corrected chi connectivity index (χ1v) is 9.47. The van der Waals surface area contributed by atoms with Crippen molar-refractivity contribution >= 4 is 10.1 Å². The SMILES string of the molecule is CCCCCCCCCCCC(CC(C)O)S(=O)(=O)[O-].[K+]. The fourth-order valence-corrected chi connectivity index (χ4v) is 3.41. The van der Waals surface area contributed by atoms with Crippen molar-refractivity contribution in [1.29, 1.82) is 0 Å². The molecule has 0 spiro atoms. The van der Waals surface area contributed by atoms with Gasteiger partial charge in [0.15, 0.2) is 0 Å². The first-order chi connectivity index (χ1) is 9.38. The summed E-state index contributed by atoms with van der Waals surface area (Å²) in [4.78, 5) is 0. The molecule has 21 heavy (non-hydrogen) atoms. The fraction of sp³-hybridized carbons (Fsp3) is 1.00. The van der Waals surface area contributed by atoms with Gasteiger partial charge in [-0.05, 0) is 19.8 Å². The average molecular weight is 347 g/mol. The van der Waals surface area contributed by atoms with Crippen molar-refractivity contribution in [3.05, 3.63) is 0 Å². The van der Waals surface area contributed by atoms with Gasteiger partial charge in [0, 0.05) is 0 Å². The van der Waals surface area contributed by atoms with E-state index >= 15 is 0 Å². The van der Waals surface area contributed by atoms with Gasteiger partial charge in [-0.25, -0.2) is 8.42 Å². The van der Waals surface area contributed by atoms with Gasteiger partial charge < -0.3 is 9.66 Å². The second-order valence-electron chi connectivity index (χ2n) is 5.82. The Hall–Kier alpha value is 1.51. The van der Waals surface area contributed by atoms with E-state index in [0.717, 1.165) is 19.3 Å². The van der Waals surface area contributed by atoms with Gasteiger partial charge in [0.1, 0.15) is 0 Å². The van der Waals surface area contributed by atoms with Crippen molar-refractivity contribution in [3.8, 4) is 0 Å². The van der Waals surface area contributed by atoms with Crippen LogP contribution in [0, 0.1) is 0 Å². The molecule has 0 aliphatic heterocycles. The average Bonchev–Trinajstić information content (AvgIpc) is 2.33. The van der Waals surface area contributed by atoms with Gasteiger partial charge in [-0.3, -0.25) is 0 Å². The molecule has 1 N–H and O–H groups in total. The summed E-state index contributed by atoms with van der Waals surface area (Å²) in [7, 11) is -4.28. The predicted molar refractivity (Wildman–Crippen MR) is 81.6 cm³/mol. The van der Waals surface area contributed by atoms with Crippen molar-refractivity contribution in [2.24, 2.45) is 0 Å². The zero-order valence-electron chi connectivity index (χ0n) is 14.0. The Morgan fingerprint density at radius 3 is 1.76 bits per heavy atom. The minimum absolute atomic E-state index is 0. The summed E-state index contributed by atoms with van der Waals surface area (Å²) in [5.74, 6) is 0. The Morgan fingerprint density at radius 1 is 0.952 bits per heavy atom.